The van der Waals surface area contributed by atoms with Crippen molar-refractivity contribution >= 4 is 5.91 Å². The Labute approximate surface area is 91.4 Å². The molecule has 1 saturated heterocycles. The monoisotopic (exact) mass is 211 g/mol. The second kappa shape index (κ2) is 4.10. The quantitative estimate of drug-likeness (QED) is 0.680. The molecule has 2 rings (SSSR count). The van der Waals surface area contributed by atoms with Crippen molar-refractivity contribution in [2.75, 3.05) is 32.7 Å². The van der Waals surface area contributed by atoms with E-state index in [-0.39, 0.29) is 5.91 Å². The van der Waals surface area contributed by atoms with Gasteiger partial charge in [-0.2, -0.15) is 0 Å². The van der Waals surface area contributed by atoms with E-state index in [1.165, 1.54) is 6.42 Å². The standard InChI is InChI=1S/C11H21N3O/c1-11(2)7-9(11)13-8-10(15)14-5-3-12-4-6-14/h9,12-13H,3-8H2,1-2H3. The molecule has 86 valence electrons. The summed E-state index contributed by atoms with van der Waals surface area (Å²) < 4.78 is 0. The summed E-state index contributed by atoms with van der Waals surface area (Å²) in [5.74, 6) is 0.249. The van der Waals surface area contributed by atoms with Gasteiger partial charge >= 0.3 is 0 Å². The largest absolute Gasteiger partial charge is 0.339 e. The number of carbonyl (C=O) groups excluding carboxylic acids is 1. The molecule has 2 aliphatic rings. The Bertz CT molecular complexity index is 246. The second-order valence-electron chi connectivity index (χ2n) is 5.26. The van der Waals surface area contributed by atoms with Gasteiger partial charge in [0.05, 0.1) is 6.54 Å². The normalized spacial score (nSPS) is 28.9. The Morgan fingerprint density at radius 1 is 1.47 bits per heavy atom. The maximum absolute atomic E-state index is 11.8. The summed E-state index contributed by atoms with van der Waals surface area (Å²) in [5, 5.41) is 6.58. The Kier molecular flexibility index (Phi) is 2.98. The van der Waals surface area contributed by atoms with Gasteiger partial charge in [-0.05, 0) is 11.8 Å². The number of carbonyl (C=O) groups is 1. The van der Waals surface area contributed by atoms with E-state index in [1.54, 1.807) is 0 Å². The smallest absolute Gasteiger partial charge is 0.236 e. The van der Waals surface area contributed by atoms with Crippen molar-refractivity contribution in [1.82, 2.24) is 15.5 Å². The maximum atomic E-state index is 11.8. The van der Waals surface area contributed by atoms with Crippen LogP contribution >= 0.6 is 0 Å². The molecule has 15 heavy (non-hydrogen) atoms. The number of rotatable bonds is 3. The molecule has 2 fully saturated rings. The van der Waals surface area contributed by atoms with Gasteiger partial charge in [0.2, 0.25) is 5.91 Å². The van der Waals surface area contributed by atoms with Gasteiger partial charge in [-0.3, -0.25) is 4.79 Å². The molecule has 0 aromatic heterocycles. The SMILES string of the molecule is CC1(C)CC1NCC(=O)N1CCNCC1. The van der Waals surface area contributed by atoms with Crippen LogP contribution in [0.1, 0.15) is 20.3 Å². The van der Waals surface area contributed by atoms with Gasteiger partial charge in [-0.25, -0.2) is 0 Å². The van der Waals surface area contributed by atoms with Crippen molar-refractivity contribution in [2.45, 2.75) is 26.3 Å². The third-order valence-electron chi connectivity index (χ3n) is 3.48. The van der Waals surface area contributed by atoms with Crippen molar-refractivity contribution in [2.24, 2.45) is 5.41 Å². The minimum absolute atomic E-state index is 0.249. The van der Waals surface area contributed by atoms with E-state index in [2.05, 4.69) is 24.5 Å². The third kappa shape index (κ3) is 2.69. The Morgan fingerprint density at radius 2 is 2.07 bits per heavy atom. The minimum atomic E-state index is 0.249. The number of hydrogen-bond acceptors (Lipinski definition) is 3. The first-order valence-corrected chi connectivity index (χ1v) is 5.81. The molecule has 0 aromatic rings. The lowest BCUT2D eigenvalue weighted by Gasteiger charge is -2.27. The molecular weight excluding hydrogens is 190 g/mol. The molecule has 1 aliphatic carbocycles. The van der Waals surface area contributed by atoms with Gasteiger partial charge in [-0.1, -0.05) is 13.8 Å². The van der Waals surface area contributed by atoms with E-state index in [0.717, 1.165) is 26.2 Å². The fourth-order valence-corrected chi connectivity index (χ4v) is 2.05. The zero-order valence-electron chi connectivity index (χ0n) is 9.68. The summed E-state index contributed by atoms with van der Waals surface area (Å²) in [5.41, 5.74) is 0.406. The Hall–Kier alpha value is -0.610. The first kappa shape index (κ1) is 10.9. The van der Waals surface area contributed by atoms with Gasteiger partial charge in [0.25, 0.3) is 0 Å². The number of nitrogens with zero attached hydrogens (tertiary/aromatic N) is 1. The lowest BCUT2D eigenvalue weighted by molar-refractivity contribution is -0.130. The third-order valence-corrected chi connectivity index (χ3v) is 3.48. The Morgan fingerprint density at radius 3 is 2.60 bits per heavy atom. The maximum Gasteiger partial charge on any atom is 0.236 e. The highest BCUT2D eigenvalue weighted by molar-refractivity contribution is 5.78. The van der Waals surface area contributed by atoms with Crippen LogP contribution in [0.15, 0.2) is 0 Å². The fourth-order valence-electron chi connectivity index (χ4n) is 2.05. The number of amides is 1. The van der Waals surface area contributed by atoms with Crippen molar-refractivity contribution < 1.29 is 4.79 Å². The average molecular weight is 211 g/mol. The summed E-state index contributed by atoms with van der Waals surface area (Å²) in [6.07, 6.45) is 1.20. The number of nitrogens with one attached hydrogen (secondary N) is 2. The molecular formula is C11H21N3O. The highest BCUT2D eigenvalue weighted by atomic mass is 16.2. The summed E-state index contributed by atoms with van der Waals surface area (Å²) in [4.78, 5) is 13.7. The molecule has 4 heteroatoms. The predicted molar refractivity (Wildman–Crippen MR) is 59.6 cm³/mol. The van der Waals surface area contributed by atoms with E-state index in [1.807, 2.05) is 4.90 Å². The second-order valence-corrected chi connectivity index (χ2v) is 5.26. The number of piperazine rings is 1. The molecule has 0 aromatic carbocycles. The lowest BCUT2D eigenvalue weighted by atomic mass is 10.2. The zero-order valence-corrected chi connectivity index (χ0v) is 9.68. The highest BCUT2D eigenvalue weighted by Gasteiger charge is 2.45. The Balaban J connectivity index is 1.68. The molecule has 4 nitrogen and oxygen atoms in total. The molecule has 0 spiro atoms. The van der Waals surface area contributed by atoms with Crippen molar-refractivity contribution in [3.63, 3.8) is 0 Å². The van der Waals surface area contributed by atoms with Gasteiger partial charge < -0.3 is 15.5 Å². The molecule has 1 saturated carbocycles. The molecule has 0 bridgehead atoms. The summed E-state index contributed by atoms with van der Waals surface area (Å²) in [6, 6.07) is 0.546. The van der Waals surface area contributed by atoms with Gasteiger partial charge in [0.1, 0.15) is 0 Å². The lowest BCUT2D eigenvalue weighted by Crippen LogP contribution is -2.49. The molecule has 1 atom stereocenters. The summed E-state index contributed by atoms with van der Waals surface area (Å²) in [6.45, 7) is 8.55. The average Bonchev–Trinajstić information content (AvgIpc) is 2.84. The number of hydrogen-bond donors (Lipinski definition) is 2. The van der Waals surface area contributed by atoms with Crippen molar-refractivity contribution in [1.29, 1.82) is 0 Å². The van der Waals surface area contributed by atoms with Crippen molar-refractivity contribution in [3.05, 3.63) is 0 Å². The van der Waals surface area contributed by atoms with E-state index >= 15 is 0 Å². The minimum Gasteiger partial charge on any atom is -0.339 e. The molecule has 1 amide bonds. The molecule has 2 N–H and O–H groups in total. The van der Waals surface area contributed by atoms with Crippen LogP contribution < -0.4 is 10.6 Å². The van der Waals surface area contributed by atoms with Gasteiger partial charge in [0, 0.05) is 32.2 Å². The van der Waals surface area contributed by atoms with E-state index in [0.29, 0.717) is 18.0 Å². The van der Waals surface area contributed by atoms with Crippen LogP contribution in [0, 0.1) is 5.41 Å². The summed E-state index contributed by atoms with van der Waals surface area (Å²) >= 11 is 0. The van der Waals surface area contributed by atoms with Crippen molar-refractivity contribution in [3.8, 4) is 0 Å². The molecule has 1 unspecified atom stereocenters. The molecule has 0 radical (unpaired) electrons. The molecule has 1 aliphatic heterocycles. The van der Waals surface area contributed by atoms with Crippen LogP contribution in [0.5, 0.6) is 0 Å². The summed E-state index contributed by atoms with van der Waals surface area (Å²) in [7, 11) is 0. The van der Waals surface area contributed by atoms with E-state index < -0.39 is 0 Å². The fraction of sp³-hybridized carbons (Fsp3) is 0.909. The van der Waals surface area contributed by atoms with Gasteiger partial charge in [0.15, 0.2) is 0 Å². The van der Waals surface area contributed by atoms with Crippen LogP contribution in [0.2, 0.25) is 0 Å². The van der Waals surface area contributed by atoms with Crippen LogP contribution in [0.4, 0.5) is 0 Å². The first-order chi connectivity index (χ1) is 7.09. The van der Waals surface area contributed by atoms with Crippen LogP contribution in [0.25, 0.3) is 0 Å². The van der Waals surface area contributed by atoms with Crippen LogP contribution in [0.3, 0.4) is 0 Å². The predicted octanol–water partition coefficient (Wildman–Crippen LogP) is -0.194. The zero-order chi connectivity index (χ0) is 10.9. The van der Waals surface area contributed by atoms with Crippen LogP contribution in [-0.2, 0) is 4.79 Å². The topological polar surface area (TPSA) is 44.4 Å². The van der Waals surface area contributed by atoms with E-state index in [4.69, 9.17) is 0 Å². The first-order valence-electron chi connectivity index (χ1n) is 5.81. The van der Waals surface area contributed by atoms with Gasteiger partial charge in [-0.15, -0.1) is 0 Å². The molecule has 1 heterocycles. The highest BCUT2D eigenvalue weighted by Crippen LogP contribution is 2.44. The van der Waals surface area contributed by atoms with Crippen LogP contribution in [-0.4, -0.2) is 49.6 Å². The van der Waals surface area contributed by atoms with E-state index in [9.17, 15) is 4.79 Å².